The van der Waals surface area contributed by atoms with Gasteiger partial charge in [0.1, 0.15) is 11.6 Å². The molecule has 20 heavy (non-hydrogen) atoms. The number of nitrogens with zero attached hydrogens (tertiary/aromatic N) is 1. The van der Waals surface area contributed by atoms with Crippen LogP contribution in [0.2, 0.25) is 0 Å². The third-order valence-corrected chi connectivity index (χ3v) is 4.72. The highest BCUT2D eigenvalue weighted by Crippen LogP contribution is 2.29. The van der Waals surface area contributed by atoms with E-state index in [2.05, 4.69) is 5.32 Å². The van der Waals surface area contributed by atoms with Gasteiger partial charge >= 0.3 is 0 Å². The van der Waals surface area contributed by atoms with E-state index >= 15 is 0 Å². The Morgan fingerprint density at radius 3 is 2.65 bits per heavy atom. The van der Waals surface area contributed by atoms with Crippen LogP contribution in [0.5, 0.6) is 0 Å². The van der Waals surface area contributed by atoms with Crippen molar-refractivity contribution in [1.82, 2.24) is 10.2 Å². The van der Waals surface area contributed by atoms with E-state index < -0.39 is 11.6 Å². The average Bonchev–Trinajstić information content (AvgIpc) is 2.91. The topological polar surface area (TPSA) is 58.6 Å². The second kappa shape index (κ2) is 5.72. The fourth-order valence-electron chi connectivity index (χ4n) is 2.97. The van der Waals surface area contributed by atoms with E-state index in [0.29, 0.717) is 25.5 Å². The maximum atomic E-state index is 12.7. The molecule has 5 nitrogen and oxygen atoms in total. The minimum Gasteiger partial charge on any atom is -0.381 e. The van der Waals surface area contributed by atoms with Gasteiger partial charge < -0.3 is 15.0 Å². The molecule has 0 aromatic carbocycles. The SMILES string of the molecule is CCC1(C)C(=O)NC(C(C)C)C(=O)N1CC1CCOC1. The van der Waals surface area contributed by atoms with Crippen LogP contribution in [0.3, 0.4) is 0 Å². The molecule has 114 valence electrons. The minimum atomic E-state index is -0.731. The maximum Gasteiger partial charge on any atom is 0.246 e. The highest BCUT2D eigenvalue weighted by molar-refractivity contribution is 5.99. The zero-order valence-electron chi connectivity index (χ0n) is 12.9. The van der Waals surface area contributed by atoms with Crippen molar-refractivity contribution in [2.75, 3.05) is 19.8 Å². The molecule has 2 saturated heterocycles. The van der Waals surface area contributed by atoms with Crippen LogP contribution >= 0.6 is 0 Å². The highest BCUT2D eigenvalue weighted by Gasteiger charge is 2.49. The molecule has 0 saturated carbocycles. The number of carbonyl (C=O) groups excluding carboxylic acids is 2. The molecule has 2 aliphatic heterocycles. The van der Waals surface area contributed by atoms with E-state index in [-0.39, 0.29) is 17.7 Å². The van der Waals surface area contributed by atoms with E-state index in [4.69, 9.17) is 4.74 Å². The van der Waals surface area contributed by atoms with Crippen molar-refractivity contribution < 1.29 is 14.3 Å². The Morgan fingerprint density at radius 1 is 1.45 bits per heavy atom. The molecule has 0 spiro atoms. The molecule has 2 fully saturated rings. The summed E-state index contributed by atoms with van der Waals surface area (Å²) in [6.07, 6.45) is 1.60. The minimum absolute atomic E-state index is 0.0304. The third kappa shape index (κ3) is 2.55. The summed E-state index contributed by atoms with van der Waals surface area (Å²) in [4.78, 5) is 27.0. The van der Waals surface area contributed by atoms with Gasteiger partial charge in [-0.3, -0.25) is 9.59 Å². The number of piperazine rings is 1. The van der Waals surface area contributed by atoms with Gasteiger partial charge in [-0.05, 0) is 25.7 Å². The first-order chi connectivity index (χ1) is 9.40. The van der Waals surface area contributed by atoms with Crippen LogP contribution in [0, 0.1) is 11.8 Å². The summed E-state index contributed by atoms with van der Waals surface area (Å²) in [7, 11) is 0. The first-order valence-electron chi connectivity index (χ1n) is 7.60. The molecule has 3 atom stereocenters. The van der Waals surface area contributed by atoms with Crippen LogP contribution in [0.1, 0.15) is 40.5 Å². The highest BCUT2D eigenvalue weighted by atomic mass is 16.5. The van der Waals surface area contributed by atoms with E-state index in [0.717, 1.165) is 13.0 Å². The Labute approximate surface area is 121 Å². The summed E-state index contributed by atoms with van der Waals surface area (Å²) < 4.78 is 5.40. The second-order valence-corrected chi connectivity index (χ2v) is 6.50. The fraction of sp³-hybridized carbons (Fsp3) is 0.867. The smallest absolute Gasteiger partial charge is 0.246 e. The van der Waals surface area contributed by atoms with Crippen molar-refractivity contribution in [3.63, 3.8) is 0 Å². The number of rotatable bonds is 4. The zero-order valence-corrected chi connectivity index (χ0v) is 12.9. The monoisotopic (exact) mass is 282 g/mol. The standard InChI is InChI=1S/C15H26N2O3/c1-5-15(4)14(19)16-12(10(2)3)13(18)17(15)8-11-6-7-20-9-11/h10-12H,5-9H2,1-4H3,(H,16,19). The molecule has 2 aliphatic rings. The van der Waals surface area contributed by atoms with Crippen LogP contribution in [0.25, 0.3) is 0 Å². The quantitative estimate of drug-likeness (QED) is 0.842. The van der Waals surface area contributed by atoms with Gasteiger partial charge in [0.2, 0.25) is 11.8 Å². The number of nitrogens with one attached hydrogen (secondary N) is 1. The zero-order chi connectivity index (χ0) is 14.9. The van der Waals surface area contributed by atoms with Gasteiger partial charge in [-0.15, -0.1) is 0 Å². The number of amides is 2. The first-order valence-corrected chi connectivity index (χ1v) is 7.60. The van der Waals surface area contributed by atoms with Crippen LogP contribution in [0.4, 0.5) is 0 Å². The largest absolute Gasteiger partial charge is 0.381 e. The summed E-state index contributed by atoms with van der Waals surface area (Å²) >= 11 is 0. The molecular weight excluding hydrogens is 256 g/mol. The molecule has 0 aliphatic carbocycles. The van der Waals surface area contributed by atoms with Gasteiger partial charge in [0, 0.05) is 19.1 Å². The summed E-state index contributed by atoms with van der Waals surface area (Å²) in [5.41, 5.74) is -0.731. The number of hydrogen-bond acceptors (Lipinski definition) is 3. The van der Waals surface area contributed by atoms with E-state index in [9.17, 15) is 9.59 Å². The molecule has 0 aromatic heterocycles. The average molecular weight is 282 g/mol. The van der Waals surface area contributed by atoms with E-state index in [1.807, 2.05) is 27.7 Å². The lowest BCUT2D eigenvalue weighted by atomic mass is 9.86. The van der Waals surface area contributed by atoms with Crippen LogP contribution in [-0.2, 0) is 14.3 Å². The maximum absolute atomic E-state index is 12.7. The Balaban J connectivity index is 2.24. The van der Waals surface area contributed by atoms with Crippen molar-refractivity contribution in [3.05, 3.63) is 0 Å². The van der Waals surface area contributed by atoms with Crippen molar-refractivity contribution in [3.8, 4) is 0 Å². The van der Waals surface area contributed by atoms with Gasteiger partial charge in [0.05, 0.1) is 6.61 Å². The molecule has 2 heterocycles. The molecule has 0 bridgehead atoms. The lowest BCUT2D eigenvalue weighted by Gasteiger charge is -2.47. The van der Waals surface area contributed by atoms with Gasteiger partial charge in [-0.25, -0.2) is 0 Å². The van der Waals surface area contributed by atoms with Crippen LogP contribution < -0.4 is 5.32 Å². The number of ether oxygens (including phenoxy) is 1. The van der Waals surface area contributed by atoms with Gasteiger partial charge in [0.25, 0.3) is 0 Å². The Kier molecular flexibility index (Phi) is 4.37. The molecule has 1 N–H and O–H groups in total. The van der Waals surface area contributed by atoms with Crippen LogP contribution in [0.15, 0.2) is 0 Å². The van der Waals surface area contributed by atoms with E-state index in [1.165, 1.54) is 0 Å². The molecule has 2 amide bonds. The predicted octanol–water partition coefficient (Wildman–Crippen LogP) is 1.17. The molecule has 0 aromatic rings. The predicted molar refractivity (Wildman–Crippen MR) is 76.1 cm³/mol. The van der Waals surface area contributed by atoms with Crippen molar-refractivity contribution in [1.29, 1.82) is 0 Å². The normalized spacial score (nSPS) is 34.8. The Hall–Kier alpha value is -1.10. The second-order valence-electron chi connectivity index (χ2n) is 6.50. The number of hydrogen-bond donors (Lipinski definition) is 1. The molecular formula is C15H26N2O3. The molecule has 5 heteroatoms. The first kappa shape index (κ1) is 15.3. The van der Waals surface area contributed by atoms with Gasteiger partial charge in [-0.1, -0.05) is 20.8 Å². The summed E-state index contributed by atoms with van der Waals surface area (Å²) in [6.45, 7) is 9.84. The number of carbonyl (C=O) groups is 2. The van der Waals surface area contributed by atoms with Crippen LogP contribution in [-0.4, -0.2) is 48.1 Å². The summed E-state index contributed by atoms with van der Waals surface area (Å²) in [6, 6.07) is -0.399. The van der Waals surface area contributed by atoms with Gasteiger partial charge in [-0.2, -0.15) is 0 Å². The Morgan fingerprint density at radius 2 is 2.15 bits per heavy atom. The third-order valence-electron chi connectivity index (χ3n) is 4.72. The Bertz CT molecular complexity index is 391. The summed E-state index contributed by atoms with van der Waals surface area (Å²) in [5, 5.41) is 2.90. The molecule has 3 unspecified atom stereocenters. The van der Waals surface area contributed by atoms with E-state index in [1.54, 1.807) is 4.90 Å². The summed E-state index contributed by atoms with van der Waals surface area (Å²) in [5.74, 6) is 0.479. The fourth-order valence-corrected chi connectivity index (χ4v) is 2.97. The van der Waals surface area contributed by atoms with Crippen molar-refractivity contribution in [2.24, 2.45) is 11.8 Å². The van der Waals surface area contributed by atoms with Crippen molar-refractivity contribution in [2.45, 2.75) is 52.1 Å². The lowest BCUT2D eigenvalue weighted by Crippen LogP contribution is -2.70. The van der Waals surface area contributed by atoms with Gasteiger partial charge in [0.15, 0.2) is 0 Å². The lowest BCUT2D eigenvalue weighted by molar-refractivity contribution is -0.159. The van der Waals surface area contributed by atoms with Crippen molar-refractivity contribution >= 4 is 11.8 Å². The molecule has 0 radical (unpaired) electrons. The molecule has 2 rings (SSSR count).